The first kappa shape index (κ1) is 20.7. The van der Waals surface area contributed by atoms with Crippen LogP contribution in [0, 0.1) is 11.8 Å². The summed E-state index contributed by atoms with van der Waals surface area (Å²) in [7, 11) is 4.29. The summed E-state index contributed by atoms with van der Waals surface area (Å²) in [6.07, 6.45) is 4.17. The molecule has 0 aromatic heterocycles. The summed E-state index contributed by atoms with van der Waals surface area (Å²) < 4.78 is 0. The van der Waals surface area contributed by atoms with Crippen LogP contribution in [0.5, 0.6) is 0 Å². The molecule has 2 aromatic carbocycles. The molecule has 1 amide bonds. The molecule has 3 rings (SSSR count). The van der Waals surface area contributed by atoms with Gasteiger partial charge in [0.1, 0.15) is 0 Å². The Morgan fingerprint density at radius 1 is 1.28 bits per heavy atom. The Labute approximate surface area is 173 Å². The van der Waals surface area contributed by atoms with Crippen molar-refractivity contribution in [2.24, 2.45) is 5.73 Å². The molecule has 0 radical (unpaired) electrons. The summed E-state index contributed by atoms with van der Waals surface area (Å²) in [6.45, 7) is 3.17. The third-order valence-electron chi connectivity index (χ3n) is 5.12. The Bertz CT molecular complexity index is 922. The lowest BCUT2D eigenvalue weighted by Gasteiger charge is -2.20. The molecule has 1 heterocycles. The molecule has 5 nitrogen and oxygen atoms in total. The molecule has 0 aliphatic carbocycles. The predicted octanol–water partition coefficient (Wildman–Crippen LogP) is 2.90. The van der Waals surface area contributed by atoms with Crippen LogP contribution in [0.15, 0.2) is 60.8 Å². The molecule has 0 spiro atoms. The first-order valence-corrected chi connectivity index (χ1v) is 9.82. The van der Waals surface area contributed by atoms with Gasteiger partial charge < -0.3 is 16.0 Å². The number of nitrogens with zero attached hydrogens (tertiary/aromatic N) is 2. The van der Waals surface area contributed by atoms with E-state index >= 15 is 0 Å². The predicted molar refractivity (Wildman–Crippen MR) is 118 cm³/mol. The van der Waals surface area contributed by atoms with E-state index in [9.17, 15) is 4.79 Å². The van der Waals surface area contributed by atoms with Crippen LogP contribution >= 0.6 is 0 Å². The van der Waals surface area contributed by atoms with Gasteiger partial charge in [-0.2, -0.15) is 0 Å². The first-order valence-electron chi connectivity index (χ1n) is 9.82. The number of carbonyl (C=O) groups excluding carboxylic acids is 1. The smallest absolute Gasteiger partial charge is 0.255 e. The molecular formula is C24H28N4O. The summed E-state index contributed by atoms with van der Waals surface area (Å²) in [6, 6.07) is 16.0. The van der Waals surface area contributed by atoms with Crippen molar-refractivity contribution >= 4 is 11.6 Å². The molecule has 150 valence electrons. The van der Waals surface area contributed by atoms with Gasteiger partial charge in [0.15, 0.2) is 0 Å². The van der Waals surface area contributed by atoms with Crippen molar-refractivity contribution in [3.05, 3.63) is 77.5 Å². The van der Waals surface area contributed by atoms with Crippen LogP contribution < -0.4 is 11.1 Å². The summed E-state index contributed by atoms with van der Waals surface area (Å²) in [4.78, 5) is 17.3. The highest BCUT2D eigenvalue weighted by molar-refractivity contribution is 6.04. The lowest BCUT2D eigenvalue weighted by atomic mass is 10.1. The average Bonchev–Trinajstić information content (AvgIpc) is 3.19. The van der Waals surface area contributed by atoms with Gasteiger partial charge in [-0.3, -0.25) is 9.69 Å². The van der Waals surface area contributed by atoms with Gasteiger partial charge in [0.05, 0.1) is 0 Å². The van der Waals surface area contributed by atoms with Crippen molar-refractivity contribution < 1.29 is 4.79 Å². The van der Waals surface area contributed by atoms with Gasteiger partial charge in [-0.15, -0.1) is 0 Å². The molecule has 0 bridgehead atoms. The van der Waals surface area contributed by atoms with Crippen molar-refractivity contribution in [1.82, 2.24) is 9.80 Å². The van der Waals surface area contributed by atoms with Crippen LogP contribution in [0.2, 0.25) is 0 Å². The molecule has 1 aliphatic heterocycles. The first-order chi connectivity index (χ1) is 14.0. The lowest BCUT2D eigenvalue weighted by molar-refractivity contribution is 0.102. The Morgan fingerprint density at radius 2 is 2.07 bits per heavy atom. The van der Waals surface area contributed by atoms with Crippen LogP contribution in [-0.4, -0.2) is 48.9 Å². The van der Waals surface area contributed by atoms with E-state index in [1.807, 2.05) is 24.3 Å². The topological polar surface area (TPSA) is 61.6 Å². The van der Waals surface area contributed by atoms with Crippen molar-refractivity contribution in [3.8, 4) is 11.8 Å². The minimum atomic E-state index is -0.149. The average molecular weight is 389 g/mol. The highest BCUT2D eigenvalue weighted by atomic mass is 16.1. The van der Waals surface area contributed by atoms with E-state index in [0.29, 0.717) is 11.6 Å². The standard InChI is InChI=1S/C24H28N4O/c1-27(2)23-13-15-28(18-23)17-20-9-11-22(12-10-20)26-24(29)21-8-5-7-19(16-21)6-3-4-14-25/h4-5,7-12,14,16,23H,13,15,17-18,25H2,1-2H3,(H,26,29)/b14-4+/t23-/m1/s1. The Kier molecular flexibility index (Phi) is 7.07. The Morgan fingerprint density at radius 3 is 2.76 bits per heavy atom. The lowest BCUT2D eigenvalue weighted by Crippen LogP contribution is -2.31. The van der Waals surface area contributed by atoms with Gasteiger partial charge in [-0.1, -0.05) is 30.0 Å². The monoisotopic (exact) mass is 388 g/mol. The molecule has 29 heavy (non-hydrogen) atoms. The molecule has 1 aliphatic rings. The quantitative estimate of drug-likeness (QED) is 0.774. The third-order valence-corrected chi connectivity index (χ3v) is 5.12. The van der Waals surface area contributed by atoms with E-state index in [1.54, 1.807) is 18.2 Å². The fraction of sp³-hybridized carbons (Fsp3) is 0.292. The van der Waals surface area contributed by atoms with Crippen LogP contribution in [0.25, 0.3) is 0 Å². The van der Waals surface area contributed by atoms with Crippen LogP contribution in [0.4, 0.5) is 5.69 Å². The maximum absolute atomic E-state index is 12.6. The Hall–Kier alpha value is -3.07. The number of anilines is 1. The summed E-state index contributed by atoms with van der Waals surface area (Å²) >= 11 is 0. The largest absolute Gasteiger partial charge is 0.404 e. The van der Waals surface area contributed by atoms with Crippen molar-refractivity contribution in [3.63, 3.8) is 0 Å². The zero-order valence-electron chi connectivity index (χ0n) is 17.1. The van der Waals surface area contributed by atoms with Gasteiger partial charge in [0, 0.05) is 54.8 Å². The normalized spacial score (nSPS) is 16.7. The number of benzene rings is 2. The number of rotatable bonds is 5. The molecule has 2 aromatic rings. The van der Waals surface area contributed by atoms with E-state index in [0.717, 1.165) is 30.9 Å². The number of likely N-dealkylation sites (N-methyl/N-ethyl adjacent to an activating group) is 1. The maximum atomic E-state index is 12.6. The van der Waals surface area contributed by atoms with Gasteiger partial charge in [-0.05, 0) is 56.4 Å². The minimum Gasteiger partial charge on any atom is -0.404 e. The zero-order valence-corrected chi connectivity index (χ0v) is 17.1. The van der Waals surface area contributed by atoms with E-state index in [4.69, 9.17) is 5.73 Å². The molecule has 1 atom stereocenters. The summed E-state index contributed by atoms with van der Waals surface area (Å²) in [5.74, 6) is 5.62. The number of hydrogen-bond donors (Lipinski definition) is 2. The van der Waals surface area contributed by atoms with Crippen molar-refractivity contribution in [2.45, 2.75) is 19.0 Å². The van der Waals surface area contributed by atoms with Crippen molar-refractivity contribution in [1.29, 1.82) is 0 Å². The summed E-state index contributed by atoms with van der Waals surface area (Å²) in [5, 5.41) is 2.95. The van der Waals surface area contributed by atoms with Gasteiger partial charge in [-0.25, -0.2) is 0 Å². The molecule has 1 saturated heterocycles. The van der Waals surface area contributed by atoms with Gasteiger partial charge in [0.2, 0.25) is 0 Å². The van der Waals surface area contributed by atoms with Crippen LogP contribution in [-0.2, 0) is 6.54 Å². The van der Waals surface area contributed by atoms with Crippen LogP contribution in [0.1, 0.15) is 27.9 Å². The SMILES string of the molecule is CN(C)[C@@H]1CCN(Cc2ccc(NC(=O)c3cccc(C#C/C=C/N)c3)cc2)C1. The van der Waals surface area contributed by atoms with Gasteiger partial charge in [0.25, 0.3) is 5.91 Å². The number of likely N-dealkylation sites (tertiary alicyclic amines) is 1. The Balaban J connectivity index is 1.58. The number of nitrogens with one attached hydrogen (secondary N) is 1. The number of carbonyl (C=O) groups is 1. The van der Waals surface area contributed by atoms with E-state index < -0.39 is 0 Å². The highest BCUT2D eigenvalue weighted by Crippen LogP contribution is 2.18. The van der Waals surface area contributed by atoms with E-state index in [2.05, 4.69) is 53.2 Å². The maximum Gasteiger partial charge on any atom is 0.255 e. The minimum absolute atomic E-state index is 0.149. The zero-order chi connectivity index (χ0) is 20.6. The number of allylic oxidation sites excluding steroid dienone is 1. The fourth-order valence-electron chi connectivity index (χ4n) is 3.44. The molecule has 1 fully saturated rings. The second kappa shape index (κ2) is 9.92. The van der Waals surface area contributed by atoms with Crippen LogP contribution in [0.3, 0.4) is 0 Å². The third kappa shape index (κ3) is 5.95. The molecule has 0 saturated carbocycles. The fourth-order valence-corrected chi connectivity index (χ4v) is 3.44. The number of amides is 1. The summed E-state index contributed by atoms with van der Waals surface area (Å²) in [5.41, 5.74) is 8.67. The second-order valence-electron chi connectivity index (χ2n) is 7.50. The molecule has 0 unspecified atom stereocenters. The van der Waals surface area contributed by atoms with E-state index in [-0.39, 0.29) is 5.91 Å². The molecule has 5 heteroatoms. The van der Waals surface area contributed by atoms with Gasteiger partial charge >= 0.3 is 0 Å². The number of hydrogen-bond acceptors (Lipinski definition) is 4. The molecule has 3 N–H and O–H groups in total. The highest BCUT2D eigenvalue weighted by Gasteiger charge is 2.23. The number of nitrogens with two attached hydrogens (primary N) is 1. The van der Waals surface area contributed by atoms with E-state index in [1.165, 1.54) is 18.2 Å². The van der Waals surface area contributed by atoms with Crippen molar-refractivity contribution in [2.75, 3.05) is 32.5 Å². The molecular weight excluding hydrogens is 360 g/mol. The second-order valence-corrected chi connectivity index (χ2v) is 7.50.